The Morgan fingerprint density at radius 3 is 2.51 bits per heavy atom. The van der Waals surface area contributed by atoms with Crippen molar-refractivity contribution in [2.75, 3.05) is 19.7 Å². The van der Waals surface area contributed by atoms with Crippen molar-refractivity contribution in [2.24, 2.45) is 5.92 Å². The van der Waals surface area contributed by atoms with E-state index in [1.165, 1.54) is 16.8 Å². The Morgan fingerprint density at radius 1 is 1.11 bits per heavy atom. The van der Waals surface area contributed by atoms with Gasteiger partial charge in [0.15, 0.2) is 12.4 Å². The molecule has 1 aliphatic carbocycles. The number of halogens is 3. The number of carbonyl (C=O) groups excluding carboxylic acids is 2. The first-order valence-corrected chi connectivity index (χ1v) is 11.4. The van der Waals surface area contributed by atoms with Gasteiger partial charge in [0.05, 0.1) is 11.3 Å². The highest BCUT2D eigenvalue weighted by Crippen LogP contribution is 2.31. The Kier molecular flexibility index (Phi) is 7.18. The van der Waals surface area contributed by atoms with Crippen molar-refractivity contribution >= 4 is 11.9 Å². The summed E-state index contributed by atoms with van der Waals surface area (Å²) in [4.78, 5) is 31.2. The second-order valence-corrected chi connectivity index (χ2v) is 8.44. The smallest absolute Gasteiger partial charge is 0.416 e. The molecule has 0 unspecified atom stereocenters. The number of alkyl halides is 3. The molecule has 1 aromatic heterocycles. The van der Waals surface area contributed by atoms with E-state index in [9.17, 15) is 22.8 Å². The van der Waals surface area contributed by atoms with E-state index in [4.69, 9.17) is 4.74 Å². The molecule has 1 saturated carbocycles. The fourth-order valence-electron chi connectivity index (χ4n) is 3.65. The average Bonchev–Trinajstić information content (AvgIpc) is 3.56. The maximum atomic E-state index is 13.3. The van der Waals surface area contributed by atoms with Crippen LogP contribution in [0.1, 0.15) is 42.4 Å². The summed E-state index contributed by atoms with van der Waals surface area (Å²) in [7, 11) is 0. The summed E-state index contributed by atoms with van der Waals surface area (Å²) in [5, 5.41) is 4.14. The van der Waals surface area contributed by atoms with Gasteiger partial charge in [-0.3, -0.25) is 4.79 Å². The van der Waals surface area contributed by atoms with E-state index in [-0.39, 0.29) is 23.2 Å². The Labute approximate surface area is 200 Å². The highest BCUT2D eigenvalue weighted by atomic mass is 19.4. The lowest BCUT2D eigenvalue weighted by Gasteiger charge is -2.21. The van der Waals surface area contributed by atoms with Crippen LogP contribution in [0.5, 0.6) is 0 Å². The van der Waals surface area contributed by atoms with Crippen LogP contribution in [0.3, 0.4) is 0 Å². The molecule has 2 aromatic carbocycles. The Hall–Kier alpha value is -3.69. The minimum absolute atomic E-state index is 0.0832. The molecule has 0 aliphatic heterocycles. The van der Waals surface area contributed by atoms with Crippen LogP contribution in [0.4, 0.5) is 13.2 Å². The Bertz CT molecular complexity index is 1190. The van der Waals surface area contributed by atoms with Crippen LogP contribution in [0, 0.1) is 5.92 Å². The number of benzene rings is 2. The zero-order valence-corrected chi connectivity index (χ0v) is 19.2. The van der Waals surface area contributed by atoms with E-state index >= 15 is 0 Å². The number of carbonyl (C=O) groups is 2. The van der Waals surface area contributed by atoms with Gasteiger partial charge in [-0.25, -0.2) is 14.5 Å². The molecule has 7 nitrogen and oxygen atoms in total. The van der Waals surface area contributed by atoms with Crippen molar-refractivity contribution in [3.05, 3.63) is 66.0 Å². The molecule has 0 N–H and O–H groups in total. The lowest BCUT2D eigenvalue weighted by atomic mass is 10.2. The number of ether oxygens (including phenoxy) is 1. The lowest BCUT2D eigenvalue weighted by molar-refractivity contribution is -0.137. The number of aromatic nitrogens is 3. The molecule has 0 bridgehead atoms. The summed E-state index contributed by atoms with van der Waals surface area (Å²) in [6.45, 7) is 2.73. The first-order chi connectivity index (χ1) is 16.8. The molecule has 184 valence electrons. The molecule has 0 spiro atoms. The number of nitrogens with zero attached hydrogens (tertiary/aromatic N) is 4. The van der Waals surface area contributed by atoms with Crippen LogP contribution in [-0.4, -0.2) is 51.2 Å². The minimum Gasteiger partial charge on any atom is -0.450 e. The van der Waals surface area contributed by atoms with E-state index in [1.54, 1.807) is 35.2 Å². The molecule has 1 amide bonds. The van der Waals surface area contributed by atoms with E-state index in [1.807, 2.05) is 6.92 Å². The van der Waals surface area contributed by atoms with Crippen LogP contribution in [0.2, 0.25) is 0 Å². The van der Waals surface area contributed by atoms with Gasteiger partial charge in [-0.2, -0.15) is 13.2 Å². The van der Waals surface area contributed by atoms with Gasteiger partial charge >= 0.3 is 12.1 Å². The van der Waals surface area contributed by atoms with Gasteiger partial charge in [-0.1, -0.05) is 43.3 Å². The quantitative estimate of drug-likeness (QED) is 0.408. The van der Waals surface area contributed by atoms with Gasteiger partial charge in [-0.15, -0.1) is 5.10 Å². The Balaban J connectivity index is 1.58. The maximum absolute atomic E-state index is 13.3. The topological polar surface area (TPSA) is 77.3 Å². The molecule has 0 atom stereocenters. The normalized spacial score (nSPS) is 13.5. The number of hydrogen-bond donors (Lipinski definition) is 0. The summed E-state index contributed by atoms with van der Waals surface area (Å²) in [6.07, 6.45) is -1.58. The van der Waals surface area contributed by atoms with Crippen LogP contribution in [0.25, 0.3) is 17.1 Å². The second kappa shape index (κ2) is 10.3. The van der Waals surface area contributed by atoms with Gasteiger partial charge in [0.1, 0.15) is 0 Å². The van der Waals surface area contributed by atoms with Gasteiger partial charge in [0.2, 0.25) is 0 Å². The highest BCUT2D eigenvalue weighted by Gasteiger charge is 2.31. The van der Waals surface area contributed by atoms with Crippen LogP contribution in [0.15, 0.2) is 54.6 Å². The first kappa shape index (κ1) is 24.4. The van der Waals surface area contributed by atoms with Crippen molar-refractivity contribution < 1.29 is 27.5 Å². The van der Waals surface area contributed by atoms with E-state index in [2.05, 4.69) is 10.1 Å². The molecule has 3 aromatic rings. The first-order valence-electron chi connectivity index (χ1n) is 11.4. The lowest BCUT2D eigenvalue weighted by Crippen LogP contribution is -2.36. The molecule has 1 aliphatic rings. The standard InChI is InChI=1S/C25H25F3N4O3/c1-2-13-31(15-17-11-12-17)21(33)16-35-24(34)22-29-23(18-7-4-3-5-8-18)32(30-22)20-10-6-9-19(14-20)25(26,27)28/h3-10,14,17H,2,11-13,15-16H2,1H3. The second-order valence-electron chi connectivity index (χ2n) is 8.44. The summed E-state index contributed by atoms with van der Waals surface area (Å²) in [5.41, 5.74) is -0.225. The van der Waals surface area contributed by atoms with Crippen LogP contribution >= 0.6 is 0 Å². The van der Waals surface area contributed by atoms with Gasteiger partial charge in [0, 0.05) is 18.7 Å². The summed E-state index contributed by atoms with van der Waals surface area (Å²) in [5.74, 6) is -0.904. The third-order valence-electron chi connectivity index (χ3n) is 5.59. The maximum Gasteiger partial charge on any atom is 0.416 e. The van der Waals surface area contributed by atoms with E-state index < -0.39 is 24.3 Å². The van der Waals surface area contributed by atoms with E-state index in [0.29, 0.717) is 24.6 Å². The zero-order chi connectivity index (χ0) is 25.0. The molecule has 35 heavy (non-hydrogen) atoms. The van der Waals surface area contributed by atoms with Crippen molar-refractivity contribution in [2.45, 2.75) is 32.4 Å². The molecule has 0 radical (unpaired) electrons. The summed E-state index contributed by atoms with van der Waals surface area (Å²) in [6, 6.07) is 13.2. The zero-order valence-electron chi connectivity index (χ0n) is 19.2. The van der Waals surface area contributed by atoms with Gasteiger partial charge < -0.3 is 9.64 Å². The highest BCUT2D eigenvalue weighted by molar-refractivity contribution is 5.88. The fourth-order valence-corrected chi connectivity index (χ4v) is 3.65. The SMILES string of the molecule is CCCN(CC1CC1)C(=O)COC(=O)c1nc(-c2ccccc2)n(-c2cccc(C(F)(F)F)c2)n1. The number of hydrogen-bond acceptors (Lipinski definition) is 5. The molecule has 10 heteroatoms. The number of amides is 1. The van der Waals surface area contributed by atoms with Crippen molar-refractivity contribution in [3.63, 3.8) is 0 Å². The van der Waals surface area contributed by atoms with Crippen molar-refractivity contribution in [1.82, 2.24) is 19.7 Å². The number of esters is 1. The largest absolute Gasteiger partial charge is 0.450 e. The predicted octanol–water partition coefficient (Wildman–Crippen LogP) is 4.76. The average molecular weight is 486 g/mol. The monoisotopic (exact) mass is 486 g/mol. The van der Waals surface area contributed by atoms with E-state index in [0.717, 1.165) is 31.4 Å². The molecule has 1 fully saturated rings. The third-order valence-corrected chi connectivity index (χ3v) is 5.59. The minimum atomic E-state index is -4.55. The van der Waals surface area contributed by atoms with Crippen LogP contribution in [-0.2, 0) is 15.7 Å². The molecule has 0 saturated heterocycles. The summed E-state index contributed by atoms with van der Waals surface area (Å²) < 4.78 is 46.1. The van der Waals surface area contributed by atoms with Crippen molar-refractivity contribution in [3.8, 4) is 17.1 Å². The van der Waals surface area contributed by atoms with Gasteiger partial charge in [-0.05, 0) is 43.4 Å². The molecule has 1 heterocycles. The Morgan fingerprint density at radius 2 is 1.86 bits per heavy atom. The molecular formula is C25H25F3N4O3. The van der Waals surface area contributed by atoms with Gasteiger partial charge in [0.25, 0.3) is 11.7 Å². The number of rotatable bonds is 9. The molecule has 4 rings (SSSR count). The third kappa shape index (κ3) is 6.06. The predicted molar refractivity (Wildman–Crippen MR) is 122 cm³/mol. The fraction of sp³-hybridized carbons (Fsp3) is 0.360. The van der Waals surface area contributed by atoms with Crippen LogP contribution < -0.4 is 0 Å². The van der Waals surface area contributed by atoms with Crippen molar-refractivity contribution in [1.29, 1.82) is 0 Å². The summed E-state index contributed by atoms with van der Waals surface area (Å²) >= 11 is 0. The molecular weight excluding hydrogens is 461 g/mol.